The third-order valence-corrected chi connectivity index (χ3v) is 9.37. The molecular formula is C36H40N2O3. The zero-order valence-corrected chi connectivity index (χ0v) is 24.0. The van der Waals surface area contributed by atoms with Crippen LogP contribution in [-0.4, -0.2) is 17.7 Å². The van der Waals surface area contributed by atoms with Crippen LogP contribution in [0.5, 0.6) is 0 Å². The molecule has 0 saturated carbocycles. The summed E-state index contributed by atoms with van der Waals surface area (Å²) in [5.74, 6) is -1.26. The minimum atomic E-state index is -0.395. The molecule has 212 valence electrons. The van der Waals surface area contributed by atoms with Crippen molar-refractivity contribution in [2.24, 2.45) is 11.8 Å². The topological polar surface area (TPSA) is 66.5 Å². The van der Waals surface area contributed by atoms with Gasteiger partial charge in [0, 0.05) is 23.9 Å². The lowest BCUT2D eigenvalue weighted by Gasteiger charge is -2.45. The van der Waals surface area contributed by atoms with Crippen molar-refractivity contribution >= 4 is 29.1 Å². The lowest BCUT2D eigenvalue weighted by molar-refractivity contribution is -0.122. The molecule has 0 spiro atoms. The average molecular weight is 549 g/mol. The van der Waals surface area contributed by atoms with Crippen molar-refractivity contribution in [1.82, 2.24) is 0 Å². The Kier molecular flexibility index (Phi) is 8.04. The van der Waals surface area contributed by atoms with Gasteiger partial charge in [0.15, 0.2) is 0 Å². The van der Waals surface area contributed by atoms with Crippen molar-refractivity contribution < 1.29 is 14.4 Å². The number of carbonyl (C=O) groups excluding carboxylic acids is 3. The highest BCUT2D eigenvalue weighted by Gasteiger charge is 2.61. The van der Waals surface area contributed by atoms with Crippen molar-refractivity contribution in [2.45, 2.75) is 83.0 Å². The fourth-order valence-electron chi connectivity index (χ4n) is 7.45. The fourth-order valence-corrected chi connectivity index (χ4v) is 7.45. The van der Waals surface area contributed by atoms with Crippen LogP contribution >= 0.6 is 0 Å². The van der Waals surface area contributed by atoms with Crippen LogP contribution in [0.25, 0.3) is 0 Å². The van der Waals surface area contributed by atoms with Gasteiger partial charge in [0.2, 0.25) is 17.7 Å². The highest BCUT2D eigenvalue weighted by molar-refractivity contribution is 6.23. The predicted octanol–water partition coefficient (Wildman–Crippen LogP) is 7.94. The molecule has 2 bridgehead atoms. The predicted molar refractivity (Wildman–Crippen MR) is 163 cm³/mol. The van der Waals surface area contributed by atoms with Crippen LogP contribution in [0.1, 0.15) is 105 Å². The SMILES string of the molecule is CCCCCCCCCCCC(=O)Nc1ccc(N2C(=O)[C@@H]3C4c5ccccc5C(c5ccccc54)[C@@H]3C2=O)cc1. The molecule has 1 fully saturated rings. The normalized spacial score (nSPS) is 21.9. The van der Waals surface area contributed by atoms with E-state index in [-0.39, 0.29) is 29.6 Å². The number of hydrogen-bond donors (Lipinski definition) is 1. The Balaban J connectivity index is 1.09. The summed E-state index contributed by atoms with van der Waals surface area (Å²) in [7, 11) is 0. The first-order valence-corrected chi connectivity index (χ1v) is 15.6. The summed E-state index contributed by atoms with van der Waals surface area (Å²) in [5.41, 5.74) is 5.94. The van der Waals surface area contributed by atoms with E-state index in [4.69, 9.17) is 0 Å². The van der Waals surface area contributed by atoms with E-state index in [1.54, 1.807) is 24.3 Å². The number of anilines is 2. The first-order valence-electron chi connectivity index (χ1n) is 15.6. The Morgan fingerprint density at radius 3 is 1.54 bits per heavy atom. The number of nitrogens with zero attached hydrogens (tertiary/aromatic N) is 1. The molecule has 3 aliphatic carbocycles. The largest absolute Gasteiger partial charge is 0.326 e. The lowest BCUT2D eigenvalue weighted by atomic mass is 9.55. The second-order valence-corrected chi connectivity index (χ2v) is 12.0. The minimum Gasteiger partial charge on any atom is -0.326 e. The van der Waals surface area contributed by atoms with Gasteiger partial charge in [-0.15, -0.1) is 0 Å². The molecule has 1 heterocycles. The molecule has 7 rings (SSSR count). The van der Waals surface area contributed by atoms with Crippen LogP contribution in [-0.2, 0) is 14.4 Å². The third-order valence-electron chi connectivity index (χ3n) is 9.37. The van der Waals surface area contributed by atoms with E-state index >= 15 is 0 Å². The van der Waals surface area contributed by atoms with E-state index < -0.39 is 11.8 Å². The molecule has 5 heteroatoms. The van der Waals surface area contributed by atoms with Gasteiger partial charge in [-0.05, 0) is 52.9 Å². The first-order chi connectivity index (χ1) is 20.1. The maximum absolute atomic E-state index is 13.9. The fraction of sp³-hybridized carbons (Fsp3) is 0.417. The number of imide groups is 1. The van der Waals surface area contributed by atoms with Gasteiger partial charge >= 0.3 is 0 Å². The summed E-state index contributed by atoms with van der Waals surface area (Å²) in [4.78, 5) is 41.7. The summed E-state index contributed by atoms with van der Waals surface area (Å²) in [6, 6.07) is 23.7. The molecular weight excluding hydrogens is 508 g/mol. The number of benzene rings is 3. The van der Waals surface area contributed by atoms with Crippen LogP contribution in [0.4, 0.5) is 11.4 Å². The molecule has 3 aromatic rings. The highest BCUT2D eigenvalue weighted by Crippen LogP contribution is 2.61. The summed E-state index contributed by atoms with van der Waals surface area (Å²) in [5, 5.41) is 2.98. The molecule has 0 aromatic heterocycles. The Labute approximate surface area is 243 Å². The lowest BCUT2D eigenvalue weighted by Crippen LogP contribution is -2.41. The monoisotopic (exact) mass is 548 g/mol. The second-order valence-electron chi connectivity index (χ2n) is 12.0. The van der Waals surface area contributed by atoms with Gasteiger partial charge in [0.1, 0.15) is 0 Å². The molecule has 5 nitrogen and oxygen atoms in total. The van der Waals surface area contributed by atoms with Crippen LogP contribution < -0.4 is 10.2 Å². The highest BCUT2D eigenvalue weighted by atomic mass is 16.2. The molecule has 1 aliphatic heterocycles. The molecule has 4 aliphatic rings. The quantitative estimate of drug-likeness (QED) is 0.185. The smallest absolute Gasteiger partial charge is 0.238 e. The Morgan fingerprint density at radius 2 is 1.07 bits per heavy atom. The van der Waals surface area contributed by atoms with E-state index in [0.29, 0.717) is 17.8 Å². The van der Waals surface area contributed by atoms with Crippen molar-refractivity contribution in [3.8, 4) is 0 Å². The molecule has 1 saturated heterocycles. The van der Waals surface area contributed by atoms with Crippen LogP contribution in [0.3, 0.4) is 0 Å². The van der Waals surface area contributed by atoms with Gasteiger partial charge in [-0.2, -0.15) is 0 Å². The molecule has 3 amide bonds. The molecule has 0 unspecified atom stereocenters. The zero-order chi connectivity index (χ0) is 28.3. The first kappa shape index (κ1) is 27.4. The molecule has 1 N–H and O–H groups in total. The standard InChI is InChI=1S/C36H40N2O3/c1-2-3-4-5-6-7-8-9-10-19-30(39)37-24-20-22-25(23-21-24)38-35(40)33-31-26-15-11-12-16-27(26)32(34(33)36(38)41)29-18-14-13-17-28(29)31/h11-18,20-23,31-34H,2-10,19H2,1H3,(H,37,39)/t31?,32?,33-,34+. The zero-order valence-electron chi connectivity index (χ0n) is 24.0. The van der Waals surface area contributed by atoms with Gasteiger partial charge in [-0.25, -0.2) is 4.90 Å². The van der Waals surface area contributed by atoms with Crippen molar-refractivity contribution in [3.05, 3.63) is 95.1 Å². The number of carbonyl (C=O) groups is 3. The maximum Gasteiger partial charge on any atom is 0.238 e. The molecule has 2 atom stereocenters. The van der Waals surface area contributed by atoms with Gasteiger partial charge in [-0.3, -0.25) is 14.4 Å². The van der Waals surface area contributed by atoms with E-state index in [1.165, 1.54) is 72.1 Å². The van der Waals surface area contributed by atoms with E-state index in [1.807, 2.05) is 24.3 Å². The number of rotatable bonds is 12. The molecule has 0 radical (unpaired) electrons. The maximum atomic E-state index is 13.9. The minimum absolute atomic E-state index is 0.00662. The van der Waals surface area contributed by atoms with Crippen molar-refractivity contribution in [2.75, 3.05) is 10.2 Å². The molecule has 3 aromatic carbocycles. The summed E-state index contributed by atoms with van der Waals surface area (Å²) >= 11 is 0. The number of amides is 3. The number of unbranched alkanes of at least 4 members (excludes halogenated alkanes) is 8. The average Bonchev–Trinajstić information content (AvgIpc) is 3.26. The van der Waals surface area contributed by atoms with E-state index in [0.717, 1.165) is 12.8 Å². The summed E-state index contributed by atoms with van der Waals surface area (Å²) in [6.45, 7) is 2.24. The van der Waals surface area contributed by atoms with Gasteiger partial charge < -0.3 is 5.32 Å². The Bertz CT molecular complexity index is 1310. The summed E-state index contributed by atoms with van der Waals surface area (Å²) < 4.78 is 0. The van der Waals surface area contributed by atoms with Gasteiger partial charge in [0.25, 0.3) is 0 Å². The van der Waals surface area contributed by atoms with Crippen LogP contribution in [0.2, 0.25) is 0 Å². The second kappa shape index (κ2) is 12.0. The van der Waals surface area contributed by atoms with E-state index in [9.17, 15) is 14.4 Å². The van der Waals surface area contributed by atoms with Crippen molar-refractivity contribution in [3.63, 3.8) is 0 Å². The Morgan fingerprint density at radius 1 is 0.634 bits per heavy atom. The van der Waals surface area contributed by atoms with Gasteiger partial charge in [-0.1, -0.05) is 107 Å². The third kappa shape index (κ3) is 5.11. The number of nitrogens with one attached hydrogen (secondary N) is 1. The van der Waals surface area contributed by atoms with Crippen LogP contribution in [0, 0.1) is 11.8 Å². The van der Waals surface area contributed by atoms with Gasteiger partial charge in [0.05, 0.1) is 17.5 Å². The van der Waals surface area contributed by atoms with Crippen molar-refractivity contribution in [1.29, 1.82) is 0 Å². The Hall–Kier alpha value is -3.73. The van der Waals surface area contributed by atoms with Crippen LogP contribution in [0.15, 0.2) is 72.8 Å². The number of hydrogen-bond acceptors (Lipinski definition) is 3. The van der Waals surface area contributed by atoms with E-state index in [2.05, 4.69) is 36.5 Å². The summed E-state index contributed by atoms with van der Waals surface area (Å²) in [6.07, 6.45) is 11.5. The molecule has 41 heavy (non-hydrogen) atoms.